The number of nitrogens with zero attached hydrogens (tertiary/aromatic N) is 1. The van der Waals surface area contributed by atoms with Crippen LogP contribution in [0.5, 0.6) is 0 Å². The number of carboxylic acid groups (broad SMARTS) is 1. The van der Waals surface area contributed by atoms with E-state index in [1.165, 1.54) is 17.4 Å². The van der Waals surface area contributed by atoms with Crippen LogP contribution >= 0.6 is 11.3 Å². The molecule has 2 rings (SSSR count). The molecule has 0 aliphatic carbocycles. The van der Waals surface area contributed by atoms with Gasteiger partial charge in [0.15, 0.2) is 0 Å². The normalized spacial score (nSPS) is 20.1. The van der Waals surface area contributed by atoms with Crippen molar-refractivity contribution < 1.29 is 19.4 Å². The van der Waals surface area contributed by atoms with Crippen molar-refractivity contribution in [1.82, 2.24) is 4.90 Å². The molecule has 1 saturated heterocycles. The highest BCUT2D eigenvalue weighted by atomic mass is 32.1. The van der Waals surface area contributed by atoms with Gasteiger partial charge in [0.2, 0.25) is 0 Å². The molecule has 20 heavy (non-hydrogen) atoms. The number of carbonyl (C=O) groups excluding carboxylic acids is 1. The van der Waals surface area contributed by atoms with E-state index in [-0.39, 0.29) is 12.0 Å². The van der Waals surface area contributed by atoms with Crippen LogP contribution in [0.15, 0.2) is 17.5 Å². The third-order valence-corrected chi connectivity index (χ3v) is 3.95. The fraction of sp³-hybridized carbons (Fsp3) is 0.429. The van der Waals surface area contributed by atoms with Crippen molar-refractivity contribution >= 4 is 29.3 Å². The zero-order valence-electron chi connectivity index (χ0n) is 11.2. The van der Waals surface area contributed by atoms with Crippen LogP contribution in [0.25, 0.3) is 6.08 Å². The number of thiophene rings is 1. The Morgan fingerprint density at radius 3 is 3.10 bits per heavy atom. The summed E-state index contributed by atoms with van der Waals surface area (Å²) >= 11 is 1.33. The van der Waals surface area contributed by atoms with Crippen molar-refractivity contribution in [2.24, 2.45) is 0 Å². The molecule has 1 amide bonds. The van der Waals surface area contributed by atoms with Crippen LogP contribution in [0, 0.1) is 0 Å². The fourth-order valence-corrected chi connectivity index (χ4v) is 2.96. The molecule has 108 valence electrons. The van der Waals surface area contributed by atoms with E-state index in [1.54, 1.807) is 16.3 Å². The maximum Gasteiger partial charge on any atom is 0.328 e. The van der Waals surface area contributed by atoms with E-state index in [4.69, 9.17) is 9.84 Å². The van der Waals surface area contributed by atoms with Crippen LogP contribution in [0.1, 0.15) is 28.6 Å². The number of amides is 1. The third-order valence-electron chi connectivity index (χ3n) is 3.03. The maximum absolute atomic E-state index is 12.5. The first-order chi connectivity index (χ1) is 9.58. The van der Waals surface area contributed by atoms with Gasteiger partial charge in [0.25, 0.3) is 5.91 Å². The van der Waals surface area contributed by atoms with Gasteiger partial charge in [-0.15, -0.1) is 11.3 Å². The second-order valence-electron chi connectivity index (χ2n) is 4.66. The summed E-state index contributed by atoms with van der Waals surface area (Å²) in [5, 5.41) is 10.5. The quantitative estimate of drug-likeness (QED) is 0.867. The zero-order chi connectivity index (χ0) is 14.5. The monoisotopic (exact) mass is 295 g/mol. The Bertz CT molecular complexity index is 523. The van der Waals surface area contributed by atoms with Crippen molar-refractivity contribution in [2.45, 2.75) is 19.4 Å². The molecule has 1 fully saturated rings. The predicted molar refractivity (Wildman–Crippen MR) is 76.9 cm³/mol. The third kappa shape index (κ3) is 3.68. The Hall–Kier alpha value is -1.66. The molecule has 5 nitrogen and oxygen atoms in total. The number of ether oxygens (including phenoxy) is 1. The minimum Gasteiger partial charge on any atom is -0.478 e. The van der Waals surface area contributed by atoms with Gasteiger partial charge in [0.1, 0.15) is 0 Å². The fourth-order valence-electron chi connectivity index (χ4n) is 2.11. The summed E-state index contributed by atoms with van der Waals surface area (Å²) in [5.74, 6) is -1.08. The molecule has 0 saturated carbocycles. The molecule has 1 atom stereocenters. The highest BCUT2D eigenvalue weighted by Crippen LogP contribution is 2.21. The number of hydrogen-bond acceptors (Lipinski definition) is 4. The Morgan fingerprint density at radius 1 is 1.55 bits per heavy atom. The van der Waals surface area contributed by atoms with Crippen molar-refractivity contribution in [3.63, 3.8) is 0 Å². The van der Waals surface area contributed by atoms with Crippen LogP contribution < -0.4 is 0 Å². The Morgan fingerprint density at radius 2 is 2.35 bits per heavy atom. The lowest BCUT2D eigenvalue weighted by molar-refractivity contribution is -0.131. The lowest BCUT2D eigenvalue weighted by Gasteiger charge is -2.21. The van der Waals surface area contributed by atoms with Gasteiger partial charge in [-0.25, -0.2) is 4.79 Å². The molecule has 0 spiro atoms. The minimum atomic E-state index is -1.02. The van der Waals surface area contributed by atoms with Gasteiger partial charge in [-0.3, -0.25) is 4.79 Å². The van der Waals surface area contributed by atoms with Gasteiger partial charge in [0.05, 0.1) is 11.0 Å². The molecule has 1 aliphatic heterocycles. The number of carboxylic acids is 1. The summed E-state index contributed by atoms with van der Waals surface area (Å²) in [7, 11) is 0. The van der Waals surface area contributed by atoms with Crippen LogP contribution in [-0.4, -0.2) is 47.7 Å². The SMILES string of the molecule is CC1CN(C(=O)c2sccc2C=CC(=O)O)CCCO1. The minimum absolute atomic E-state index is 0.0272. The molecule has 1 aliphatic rings. The molecule has 1 unspecified atom stereocenters. The lowest BCUT2D eigenvalue weighted by atomic mass is 10.2. The molecule has 0 radical (unpaired) electrons. The maximum atomic E-state index is 12.5. The second kappa shape index (κ2) is 6.67. The number of aliphatic carboxylic acids is 1. The highest BCUT2D eigenvalue weighted by Gasteiger charge is 2.23. The standard InChI is InChI=1S/C14H17NO4S/c1-10-9-15(6-2-7-19-10)14(18)13-11(5-8-20-13)3-4-12(16)17/h3-5,8,10H,2,6-7,9H2,1H3,(H,16,17). The summed E-state index contributed by atoms with van der Waals surface area (Å²) in [4.78, 5) is 25.5. The lowest BCUT2D eigenvalue weighted by Crippen LogP contribution is -2.35. The van der Waals surface area contributed by atoms with E-state index in [1.807, 2.05) is 6.92 Å². The van der Waals surface area contributed by atoms with Crippen molar-refractivity contribution in [1.29, 1.82) is 0 Å². The van der Waals surface area contributed by atoms with Gasteiger partial charge in [-0.05, 0) is 36.4 Å². The summed E-state index contributed by atoms with van der Waals surface area (Å²) in [5.41, 5.74) is 0.653. The molecular weight excluding hydrogens is 278 g/mol. The number of carbonyl (C=O) groups is 2. The smallest absolute Gasteiger partial charge is 0.328 e. The van der Waals surface area contributed by atoms with Gasteiger partial charge >= 0.3 is 5.97 Å². The van der Waals surface area contributed by atoms with Crippen LogP contribution in [-0.2, 0) is 9.53 Å². The summed E-state index contributed by atoms with van der Waals surface area (Å²) in [6.07, 6.45) is 3.36. The van der Waals surface area contributed by atoms with E-state index in [2.05, 4.69) is 0 Å². The molecule has 0 bridgehead atoms. The number of hydrogen-bond donors (Lipinski definition) is 1. The first kappa shape index (κ1) is 14.7. The molecule has 0 aromatic carbocycles. The predicted octanol–water partition coefficient (Wildman–Crippen LogP) is 2.10. The Balaban J connectivity index is 2.16. The Labute approximate surface area is 121 Å². The first-order valence-corrected chi connectivity index (χ1v) is 7.35. The van der Waals surface area contributed by atoms with Crippen molar-refractivity contribution in [3.8, 4) is 0 Å². The van der Waals surface area contributed by atoms with Gasteiger partial charge in [-0.2, -0.15) is 0 Å². The molecule has 1 N–H and O–H groups in total. The molecular formula is C14H17NO4S. The first-order valence-electron chi connectivity index (χ1n) is 6.47. The topological polar surface area (TPSA) is 66.8 Å². The van der Waals surface area contributed by atoms with Crippen molar-refractivity contribution in [2.75, 3.05) is 19.7 Å². The average Bonchev–Trinajstić information content (AvgIpc) is 2.77. The largest absolute Gasteiger partial charge is 0.478 e. The highest BCUT2D eigenvalue weighted by molar-refractivity contribution is 7.12. The van der Waals surface area contributed by atoms with Crippen LogP contribution in [0.3, 0.4) is 0 Å². The van der Waals surface area contributed by atoms with Crippen LogP contribution in [0.4, 0.5) is 0 Å². The summed E-state index contributed by atoms with van der Waals surface area (Å²) in [6.45, 7) is 3.86. The van der Waals surface area contributed by atoms with E-state index in [0.29, 0.717) is 30.1 Å². The van der Waals surface area contributed by atoms with E-state index < -0.39 is 5.97 Å². The zero-order valence-corrected chi connectivity index (χ0v) is 12.1. The van der Waals surface area contributed by atoms with Crippen molar-refractivity contribution in [3.05, 3.63) is 28.0 Å². The average molecular weight is 295 g/mol. The van der Waals surface area contributed by atoms with Gasteiger partial charge in [0, 0.05) is 25.8 Å². The van der Waals surface area contributed by atoms with E-state index in [0.717, 1.165) is 12.5 Å². The van der Waals surface area contributed by atoms with E-state index >= 15 is 0 Å². The van der Waals surface area contributed by atoms with E-state index in [9.17, 15) is 9.59 Å². The second-order valence-corrected chi connectivity index (χ2v) is 5.58. The summed E-state index contributed by atoms with van der Waals surface area (Å²) < 4.78 is 5.53. The van der Waals surface area contributed by atoms with Gasteiger partial charge < -0.3 is 14.7 Å². The van der Waals surface area contributed by atoms with Crippen LogP contribution in [0.2, 0.25) is 0 Å². The molecule has 2 heterocycles. The summed E-state index contributed by atoms with van der Waals surface area (Å²) in [6, 6.07) is 1.76. The number of rotatable bonds is 3. The molecule has 1 aromatic heterocycles. The molecule has 1 aromatic rings. The van der Waals surface area contributed by atoms with Gasteiger partial charge in [-0.1, -0.05) is 0 Å². The Kier molecular flexibility index (Phi) is 4.92. The molecule has 6 heteroatoms.